The molecule has 1 unspecified atom stereocenters. The monoisotopic (exact) mass is 427 g/mol. The molecule has 0 saturated carbocycles. The number of rotatable bonds is 6. The van der Waals surface area contributed by atoms with Gasteiger partial charge in [0.05, 0.1) is 6.61 Å². The predicted octanol–water partition coefficient (Wildman–Crippen LogP) is -2.98. The first-order chi connectivity index (χ1) is 11.4. The molecule has 0 bridgehead atoms. The number of nitrogen functional groups attached to an aromatic ring is 1. The topological polar surface area (TPSA) is 224 Å². The average molecular weight is 427 g/mol. The van der Waals surface area contributed by atoms with Gasteiger partial charge in [-0.3, -0.25) is 9.09 Å². The fourth-order valence-corrected chi connectivity index (χ4v) is 3.64. The molecule has 0 spiro atoms. The van der Waals surface area contributed by atoms with E-state index in [9.17, 15) is 24.1 Å². The standard InChI is InChI=1S/C9H15N3O11P2.Na.H/c10-5-1-2-12(9(15)11-5)8-7(14)6(13)4(22-8)3-21-25(19,20)23-24(16,17)18;;/h1-2,4,6-8,13-14H,3H2,(H,19,20)(H2,10,11,15)(H2,16,17,18);;/t4-,6-,7-,8-;;/m1../s1. The molecule has 0 amide bonds. The van der Waals surface area contributed by atoms with Crippen molar-refractivity contribution < 1.29 is 47.6 Å². The minimum atomic E-state index is -5.30. The first-order valence-corrected chi connectivity index (χ1v) is 9.53. The fourth-order valence-electron chi connectivity index (χ4n) is 2.04. The summed E-state index contributed by atoms with van der Waals surface area (Å²) in [6.07, 6.45) is -4.93. The second-order valence-corrected chi connectivity index (χ2v) is 7.75. The van der Waals surface area contributed by atoms with Crippen molar-refractivity contribution in [2.45, 2.75) is 24.5 Å². The van der Waals surface area contributed by atoms with Gasteiger partial charge in [0.25, 0.3) is 0 Å². The van der Waals surface area contributed by atoms with E-state index in [0.29, 0.717) is 0 Å². The Balaban J connectivity index is 0.00000338. The zero-order chi connectivity index (χ0) is 19.0. The molecule has 0 radical (unpaired) electrons. The summed E-state index contributed by atoms with van der Waals surface area (Å²) in [5.41, 5.74) is 4.45. The van der Waals surface area contributed by atoms with E-state index in [0.717, 1.165) is 10.8 Å². The molecule has 5 atom stereocenters. The molecule has 0 aromatic carbocycles. The van der Waals surface area contributed by atoms with Crippen molar-refractivity contribution in [2.24, 2.45) is 0 Å². The van der Waals surface area contributed by atoms with E-state index >= 15 is 0 Å². The molecule has 0 aliphatic carbocycles. The number of ether oxygens (including phenoxy) is 1. The summed E-state index contributed by atoms with van der Waals surface area (Å²) in [7, 11) is -10.5. The Kier molecular flexibility index (Phi) is 8.15. The number of nitrogens with zero attached hydrogens (tertiary/aromatic N) is 2. The SMILES string of the molecule is Nc1ccn([C@@H]2O[C@H](COP(=O)(O)OP(=O)(O)O)[C@@H](O)[C@H]2O)c(=O)n1.[NaH]. The molecule has 1 aromatic rings. The Bertz CT molecular complexity index is 784. The van der Waals surface area contributed by atoms with Gasteiger partial charge in [0, 0.05) is 6.20 Å². The summed E-state index contributed by atoms with van der Waals surface area (Å²) in [5.74, 6) is -0.0787. The van der Waals surface area contributed by atoms with Gasteiger partial charge in [0.1, 0.15) is 24.1 Å². The molecular formula is C9H16N3NaO11P2. The molecule has 14 nitrogen and oxygen atoms in total. The van der Waals surface area contributed by atoms with Crippen LogP contribution in [0.15, 0.2) is 17.1 Å². The van der Waals surface area contributed by atoms with Gasteiger partial charge >= 0.3 is 50.9 Å². The van der Waals surface area contributed by atoms with Crippen molar-refractivity contribution in [2.75, 3.05) is 12.3 Å². The van der Waals surface area contributed by atoms with Crippen LogP contribution in [0.3, 0.4) is 0 Å². The summed E-state index contributed by atoms with van der Waals surface area (Å²) in [6, 6.07) is 1.24. The van der Waals surface area contributed by atoms with Gasteiger partial charge in [-0.15, -0.1) is 0 Å². The first kappa shape index (κ1) is 23.9. The van der Waals surface area contributed by atoms with Crippen LogP contribution in [0.5, 0.6) is 0 Å². The van der Waals surface area contributed by atoms with E-state index < -0.39 is 52.5 Å². The molecule has 1 aliphatic rings. The van der Waals surface area contributed by atoms with Crippen molar-refractivity contribution in [3.63, 3.8) is 0 Å². The van der Waals surface area contributed by atoms with Crippen molar-refractivity contribution in [1.82, 2.24) is 9.55 Å². The summed E-state index contributed by atoms with van der Waals surface area (Å²) in [4.78, 5) is 41.3. The molecule has 26 heavy (non-hydrogen) atoms. The van der Waals surface area contributed by atoms with Crippen LogP contribution in [0.4, 0.5) is 5.82 Å². The third kappa shape index (κ3) is 6.17. The van der Waals surface area contributed by atoms with Crippen LogP contribution in [0.25, 0.3) is 0 Å². The summed E-state index contributed by atoms with van der Waals surface area (Å²) >= 11 is 0. The van der Waals surface area contributed by atoms with Gasteiger partial charge in [-0.1, -0.05) is 0 Å². The molecule has 1 aromatic heterocycles. The zero-order valence-electron chi connectivity index (χ0n) is 12.2. The number of hydrogen-bond donors (Lipinski definition) is 6. The van der Waals surface area contributed by atoms with E-state index in [1.165, 1.54) is 6.07 Å². The van der Waals surface area contributed by atoms with Crippen LogP contribution < -0.4 is 11.4 Å². The van der Waals surface area contributed by atoms with Gasteiger partial charge in [-0.05, 0) is 6.07 Å². The van der Waals surface area contributed by atoms with Crippen LogP contribution in [0, 0.1) is 0 Å². The first-order valence-electron chi connectivity index (χ1n) is 6.50. The van der Waals surface area contributed by atoms with Gasteiger partial charge in [0.2, 0.25) is 0 Å². The molecular weight excluding hydrogens is 411 g/mol. The summed E-state index contributed by atoms with van der Waals surface area (Å²) < 4.78 is 35.8. The van der Waals surface area contributed by atoms with E-state index in [4.69, 9.17) is 25.2 Å². The number of phosphoric ester groups is 1. The maximum absolute atomic E-state index is 11.7. The minimum absolute atomic E-state index is 0. The molecule has 1 aliphatic heterocycles. The predicted molar refractivity (Wildman–Crippen MR) is 84.9 cm³/mol. The normalized spacial score (nSPS) is 28.3. The molecule has 2 rings (SSSR count). The number of nitrogens with two attached hydrogens (primary N) is 1. The van der Waals surface area contributed by atoms with Crippen molar-refractivity contribution in [1.29, 1.82) is 0 Å². The number of anilines is 1. The summed E-state index contributed by atoms with van der Waals surface area (Å²) in [5, 5.41) is 19.8. The molecule has 1 saturated heterocycles. The zero-order valence-corrected chi connectivity index (χ0v) is 14.0. The summed E-state index contributed by atoms with van der Waals surface area (Å²) in [6.45, 7) is -0.875. The number of aromatic nitrogens is 2. The Morgan fingerprint density at radius 3 is 2.42 bits per heavy atom. The van der Waals surface area contributed by atoms with Gasteiger partial charge < -0.3 is 35.4 Å². The van der Waals surface area contributed by atoms with Crippen LogP contribution >= 0.6 is 15.6 Å². The van der Waals surface area contributed by atoms with E-state index in [1.807, 2.05) is 0 Å². The third-order valence-corrected chi connectivity index (χ3v) is 5.23. The van der Waals surface area contributed by atoms with Crippen LogP contribution in [-0.2, 0) is 22.7 Å². The Hall–Kier alpha value is -0.180. The third-order valence-electron chi connectivity index (χ3n) is 3.07. The quantitative estimate of drug-likeness (QED) is 0.197. The Morgan fingerprint density at radius 2 is 1.88 bits per heavy atom. The number of aliphatic hydroxyl groups excluding tert-OH is 2. The van der Waals surface area contributed by atoms with E-state index in [-0.39, 0.29) is 35.4 Å². The Morgan fingerprint density at radius 1 is 1.27 bits per heavy atom. The molecule has 144 valence electrons. The fraction of sp³-hybridized carbons (Fsp3) is 0.556. The van der Waals surface area contributed by atoms with Crippen LogP contribution in [0.1, 0.15) is 6.23 Å². The second kappa shape index (κ2) is 8.88. The molecule has 2 heterocycles. The van der Waals surface area contributed by atoms with Gasteiger partial charge in [-0.2, -0.15) is 9.29 Å². The molecule has 17 heteroatoms. The van der Waals surface area contributed by atoms with E-state index in [2.05, 4.69) is 13.8 Å². The average Bonchev–Trinajstić information content (AvgIpc) is 2.71. The van der Waals surface area contributed by atoms with Gasteiger partial charge in [-0.25, -0.2) is 13.9 Å². The molecule has 7 N–H and O–H groups in total. The maximum atomic E-state index is 11.7. The van der Waals surface area contributed by atoms with E-state index in [1.54, 1.807) is 0 Å². The molecule has 1 fully saturated rings. The number of aliphatic hydroxyl groups is 2. The number of phosphoric acid groups is 2. The van der Waals surface area contributed by atoms with Crippen molar-refractivity contribution in [3.8, 4) is 0 Å². The second-order valence-electron chi connectivity index (χ2n) is 4.93. The van der Waals surface area contributed by atoms with Crippen molar-refractivity contribution >= 4 is 51.0 Å². The van der Waals surface area contributed by atoms with Crippen LogP contribution in [-0.4, -0.2) is 88.9 Å². The van der Waals surface area contributed by atoms with Gasteiger partial charge in [0.15, 0.2) is 6.23 Å². The van der Waals surface area contributed by atoms with Crippen LogP contribution in [0.2, 0.25) is 0 Å². The van der Waals surface area contributed by atoms with Crippen molar-refractivity contribution in [3.05, 3.63) is 22.7 Å². The number of hydrogen-bond acceptors (Lipinski definition) is 10. The Labute approximate surface area is 167 Å².